The van der Waals surface area contributed by atoms with Gasteiger partial charge in [-0.15, -0.1) is 8.46 Å². The molecule has 3 rings (SSSR count). The van der Waals surface area contributed by atoms with Crippen LogP contribution in [0.2, 0.25) is 0 Å². The van der Waals surface area contributed by atoms with Gasteiger partial charge < -0.3 is 9.39 Å². The molecule has 0 aromatic carbocycles. The Morgan fingerprint density at radius 1 is 1.25 bits per heavy atom. The molecule has 0 saturated carbocycles. The fraction of sp³-hybridized carbons (Fsp3) is 0.529. The lowest BCUT2D eigenvalue weighted by Crippen LogP contribution is -2.39. The SMILES string of the molecule is CCOc1ccc(Cn2cc(B3OC(C)(C)C(C)(C)P3)cn2)cn1. The number of hydrogen-bond acceptors (Lipinski definition) is 4. The Hall–Kier alpha value is -1.39. The molecule has 7 heteroatoms. The zero-order valence-electron chi connectivity index (χ0n) is 15.0. The van der Waals surface area contributed by atoms with Crippen LogP contribution >= 0.6 is 8.46 Å². The first-order valence-electron chi connectivity index (χ1n) is 8.36. The molecule has 3 heterocycles. The van der Waals surface area contributed by atoms with E-state index in [-0.39, 0.29) is 17.4 Å². The Morgan fingerprint density at radius 3 is 2.62 bits per heavy atom. The molecule has 0 bridgehead atoms. The van der Waals surface area contributed by atoms with Gasteiger partial charge in [0.05, 0.1) is 18.8 Å². The maximum Gasteiger partial charge on any atom is 0.356 e. The third kappa shape index (κ3) is 3.50. The lowest BCUT2D eigenvalue weighted by molar-refractivity contribution is 0.0933. The molecule has 0 amide bonds. The van der Waals surface area contributed by atoms with Crippen molar-refractivity contribution in [3.63, 3.8) is 0 Å². The summed E-state index contributed by atoms with van der Waals surface area (Å²) in [6, 6.07) is 3.93. The Balaban J connectivity index is 1.68. The predicted molar refractivity (Wildman–Crippen MR) is 99.7 cm³/mol. The maximum atomic E-state index is 6.29. The molecule has 0 aliphatic carbocycles. The number of ether oxygens (including phenoxy) is 1. The Bertz CT molecular complexity index is 684. The summed E-state index contributed by atoms with van der Waals surface area (Å²) in [7, 11) is 0.730. The second-order valence-corrected chi connectivity index (χ2v) is 9.25. The molecule has 1 fully saturated rings. The van der Waals surface area contributed by atoms with Crippen molar-refractivity contribution in [3.05, 3.63) is 36.3 Å². The van der Waals surface area contributed by atoms with Crippen molar-refractivity contribution in [2.45, 2.75) is 51.9 Å². The van der Waals surface area contributed by atoms with Crippen LogP contribution in [0.15, 0.2) is 30.7 Å². The van der Waals surface area contributed by atoms with Crippen LogP contribution in [-0.2, 0) is 11.2 Å². The largest absolute Gasteiger partial charge is 0.478 e. The third-order valence-corrected chi connectivity index (χ3v) is 6.84. The van der Waals surface area contributed by atoms with Gasteiger partial charge in [-0.3, -0.25) is 4.68 Å². The molecule has 2 aromatic heterocycles. The maximum absolute atomic E-state index is 6.29. The summed E-state index contributed by atoms with van der Waals surface area (Å²) in [5.74, 6) is 0.660. The van der Waals surface area contributed by atoms with E-state index < -0.39 is 0 Å². The summed E-state index contributed by atoms with van der Waals surface area (Å²) in [4.78, 5) is 4.30. The van der Waals surface area contributed by atoms with Gasteiger partial charge >= 0.3 is 6.64 Å². The van der Waals surface area contributed by atoms with Crippen LogP contribution in [0, 0.1) is 0 Å². The van der Waals surface area contributed by atoms with Crippen molar-refractivity contribution in [2.75, 3.05) is 6.61 Å². The molecule has 2 aromatic rings. The average Bonchev–Trinajstić information content (AvgIpc) is 3.04. The van der Waals surface area contributed by atoms with Gasteiger partial charge in [0.1, 0.15) is 0 Å². The zero-order valence-corrected chi connectivity index (χ0v) is 16.0. The molecule has 1 unspecified atom stereocenters. The molecule has 5 nitrogen and oxygen atoms in total. The molecule has 0 spiro atoms. The van der Waals surface area contributed by atoms with Crippen molar-refractivity contribution >= 4 is 20.6 Å². The summed E-state index contributed by atoms with van der Waals surface area (Å²) < 4.78 is 13.6. The topological polar surface area (TPSA) is 49.2 Å². The molecular weight excluding hydrogens is 320 g/mol. The average molecular weight is 345 g/mol. The van der Waals surface area contributed by atoms with E-state index in [4.69, 9.17) is 9.39 Å². The molecule has 1 saturated heterocycles. The van der Waals surface area contributed by atoms with Gasteiger partial charge in [0, 0.05) is 29.8 Å². The summed E-state index contributed by atoms with van der Waals surface area (Å²) in [6.07, 6.45) is 5.86. The van der Waals surface area contributed by atoms with E-state index in [1.54, 1.807) is 0 Å². The van der Waals surface area contributed by atoms with E-state index in [2.05, 4.69) is 44.0 Å². The van der Waals surface area contributed by atoms with Crippen LogP contribution in [0.25, 0.3) is 0 Å². The Kier molecular flexibility index (Phi) is 4.72. The Labute approximate surface area is 146 Å². The molecule has 1 aliphatic rings. The monoisotopic (exact) mass is 345 g/mol. The molecule has 0 N–H and O–H groups in total. The molecule has 0 radical (unpaired) electrons. The summed E-state index contributed by atoms with van der Waals surface area (Å²) in [5.41, 5.74) is 2.14. The Morgan fingerprint density at radius 2 is 2.04 bits per heavy atom. The second-order valence-electron chi connectivity index (χ2n) is 7.19. The molecule has 1 aliphatic heterocycles. The summed E-state index contributed by atoms with van der Waals surface area (Å²) >= 11 is 0. The van der Waals surface area contributed by atoms with Crippen molar-refractivity contribution in [3.8, 4) is 5.88 Å². The van der Waals surface area contributed by atoms with Gasteiger partial charge in [-0.2, -0.15) is 5.10 Å². The van der Waals surface area contributed by atoms with Crippen molar-refractivity contribution in [2.24, 2.45) is 0 Å². The van der Waals surface area contributed by atoms with Gasteiger partial charge in [-0.1, -0.05) is 19.9 Å². The minimum atomic E-state index is -0.114. The lowest BCUT2D eigenvalue weighted by atomic mass is 9.86. The van der Waals surface area contributed by atoms with E-state index in [0.29, 0.717) is 19.0 Å². The first-order chi connectivity index (χ1) is 11.3. The minimum absolute atomic E-state index is 0.114. The van der Waals surface area contributed by atoms with E-state index in [1.807, 2.05) is 36.1 Å². The number of pyridine rings is 1. The third-order valence-electron chi connectivity index (χ3n) is 4.80. The quantitative estimate of drug-likeness (QED) is 0.618. The fourth-order valence-electron chi connectivity index (χ4n) is 2.65. The van der Waals surface area contributed by atoms with Crippen LogP contribution in [0.3, 0.4) is 0 Å². The highest BCUT2D eigenvalue weighted by Crippen LogP contribution is 2.51. The van der Waals surface area contributed by atoms with Crippen LogP contribution in [-0.4, -0.2) is 38.8 Å². The van der Waals surface area contributed by atoms with Crippen molar-refractivity contribution < 1.29 is 9.39 Å². The van der Waals surface area contributed by atoms with Crippen LogP contribution in [0.5, 0.6) is 5.88 Å². The van der Waals surface area contributed by atoms with Gasteiger partial charge in [-0.25, -0.2) is 4.98 Å². The van der Waals surface area contributed by atoms with Crippen molar-refractivity contribution in [1.29, 1.82) is 0 Å². The highest BCUT2D eigenvalue weighted by Gasteiger charge is 2.50. The van der Waals surface area contributed by atoms with Gasteiger partial charge in [0.15, 0.2) is 0 Å². The molecule has 128 valence electrons. The van der Waals surface area contributed by atoms with Crippen LogP contribution < -0.4 is 10.2 Å². The smallest absolute Gasteiger partial charge is 0.356 e. The van der Waals surface area contributed by atoms with E-state index in [9.17, 15) is 0 Å². The first-order valence-corrected chi connectivity index (χ1v) is 9.44. The summed E-state index contributed by atoms with van der Waals surface area (Å²) in [6.45, 7) is 12.3. The van der Waals surface area contributed by atoms with Crippen LogP contribution in [0.4, 0.5) is 0 Å². The number of aromatic nitrogens is 3. The number of rotatable bonds is 5. The highest BCUT2D eigenvalue weighted by atomic mass is 31.1. The van der Waals surface area contributed by atoms with Gasteiger partial charge in [0.25, 0.3) is 0 Å². The standard InChI is InChI=1S/C17H25BN3O2P/c1-6-22-15-8-7-13(9-19-15)11-21-12-14(10-20-21)18-23-16(2,3)17(4,5)24-18/h7-10,12,24H,6,11H2,1-5H3. The second kappa shape index (κ2) is 6.49. The van der Waals surface area contributed by atoms with Crippen LogP contribution in [0.1, 0.15) is 40.2 Å². The summed E-state index contributed by atoms with van der Waals surface area (Å²) in [5, 5.41) is 4.67. The van der Waals surface area contributed by atoms with Gasteiger partial charge in [-0.05, 0) is 31.8 Å². The van der Waals surface area contributed by atoms with E-state index in [1.165, 1.54) is 0 Å². The fourth-order valence-corrected chi connectivity index (χ4v) is 4.38. The van der Waals surface area contributed by atoms with Crippen molar-refractivity contribution in [1.82, 2.24) is 14.8 Å². The highest BCUT2D eigenvalue weighted by molar-refractivity contribution is 7.79. The first kappa shape index (κ1) is 17.4. The minimum Gasteiger partial charge on any atom is -0.478 e. The predicted octanol–water partition coefficient (Wildman–Crippen LogP) is 2.69. The van der Waals surface area contributed by atoms with E-state index in [0.717, 1.165) is 19.5 Å². The molecular formula is C17H25BN3O2P. The molecule has 24 heavy (non-hydrogen) atoms. The number of nitrogens with zero attached hydrogens (tertiary/aromatic N) is 3. The van der Waals surface area contributed by atoms with E-state index >= 15 is 0 Å². The normalized spacial score (nSPS) is 19.8. The molecule has 1 atom stereocenters. The van der Waals surface area contributed by atoms with Gasteiger partial charge in [0.2, 0.25) is 5.88 Å². The number of hydrogen-bond donors (Lipinski definition) is 0. The zero-order chi connectivity index (χ0) is 17.4. The lowest BCUT2D eigenvalue weighted by Gasteiger charge is -2.33.